The number of aliphatic carboxylic acids is 2. The number of nitrogens with zero attached hydrogens (tertiary/aromatic N) is 2. The zero-order valence-corrected chi connectivity index (χ0v) is 18.4. The third-order valence-corrected chi connectivity index (χ3v) is 6.38. The summed E-state index contributed by atoms with van der Waals surface area (Å²) in [6.07, 6.45) is 7.55. The monoisotopic (exact) mass is 446 g/mol. The van der Waals surface area contributed by atoms with Crippen LogP contribution >= 0.6 is 0 Å². The first-order chi connectivity index (χ1) is 15.3. The van der Waals surface area contributed by atoms with Gasteiger partial charge in [0.15, 0.2) is 11.5 Å². The molecule has 3 aliphatic rings. The first-order valence-corrected chi connectivity index (χ1v) is 10.7. The molecular formula is C23H30N2O7. The van der Waals surface area contributed by atoms with E-state index in [-0.39, 0.29) is 5.91 Å². The Labute approximate surface area is 187 Å². The summed E-state index contributed by atoms with van der Waals surface area (Å²) >= 11 is 0. The van der Waals surface area contributed by atoms with E-state index in [1.54, 1.807) is 26.4 Å². The molecule has 1 saturated heterocycles. The van der Waals surface area contributed by atoms with Crippen molar-refractivity contribution in [1.82, 2.24) is 9.80 Å². The highest BCUT2D eigenvalue weighted by atomic mass is 16.5. The first kappa shape index (κ1) is 23.6. The van der Waals surface area contributed by atoms with Crippen molar-refractivity contribution in [2.24, 2.45) is 17.8 Å². The van der Waals surface area contributed by atoms with Crippen LogP contribution in [-0.2, 0) is 9.59 Å². The van der Waals surface area contributed by atoms with E-state index in [0.717, 1.165) is 43.9 Å². The number of hydrogen-bond acceptors (Lipinski definition) is 6. The second-order valence-electron chi connectivity index (χ2n) is 8.31. The van der Waals surface area contributed by atoms with Crippen LogP contribution in [0, 0.1) is 17.8 Å². The Bertz CT molecular complexity index is 865. The summed E-state index contributed by atoms with van der Waals surface area (Å²) in [7, 11) is 3.19. The van der Waals surface area contributed by atoms with Crippen LogP contribution in [0.2, 0.25) is 0 Å². The van der Waals surface area contributed by atoms with Gasteiger partial charge in [-0.05, 0) is 48.8 Å². The van der Waals surface area contributed by atoms with Gasteiger partial charge < -0.3 is 24.6 Å². The smallest absolute Gasteiger partial charge is 0.414 e. The van der Waals surface area contributed by atoms with Gasteiger partial charge in [0.25, 0.3) is 5.91 Å². The van der Waals surface area contributed by atoms with Crippen molar-refractivity contribution in [3.63, 3.8) is 0 Å². The molecule has 0 aromatic heterocycles. The van der Waals surface area contributed by atoms with Gasteiger partial charge in [0, 0.05) is 38.3 Å². The van der Waals surface area contributed by atoms with Crippen molar-refractivity contribution in [3.05, 3.63) is 35.9 Å². The van der Waals surface area contributed by atoms with Crippen LogP contribution in [0.4, 0.5) is 0 Å². The standard InChI is InChI=1S/C21H28N2O3.C2H2O4/c1-25-19-6-5-17(13-20(19)26-2)21(24)23-9-7-22(8-10-23)14-18-12-15-3-4-16(18)11-15;3-1(4)2(5)6/h3-6,13,15-16,18H,7-12,14H2,1-2H3;(H,3,4)(H,5,6). The zero-order chi connectivity index (χ0) is 23.3. The molecule has 1 aliphatic heterocycles. The number of carbonyl (C=O) groups is 3. The van der Waals surface area contributed by atoms with Crippen LogP contribution in [-0.4, -0.2) is 84.8 Å². The SMILES string of the molecule is COc1ccc(C(=O)N2CCN(CC3CC4C=CC3C4)CC2)cc1OC.O=C(O)C(=O)O. The number of benzene rings is 1. The fourth-order valence-corrected chi connectivity index (χ4v) is 4.72. The Kier molecular flexibility index (Phi) is 7.74. The third kappa shape index (κ3) is 5.59. The topological polar surface area (TPSA) is 117 Å². The lowest BCUT2D eigenvalue weighted by Crippen LogP contribution is -2.50. The van der Waals surface area contributed by atoms with Gasteiger partial charge in [-0.15, -0.1) is 0 Å². The number of piperazine rings is 1. The maximum atomic E-state index is 12.8. The van der Waals surface area contributed by atoms with Gasteiger partial charge in [0.2, 0.25) is 0 Å². The largest absolute Gasteiger partial charge is 0.493 e. The molecule has 1 aromatic carbocycles. The van der Waals surface area contributed by atoms with E-state index in [0.29, 0.717) is 17.1 Å². The van der Waals surface area contributed by atoms with Crippen LogP contribution in [0.3, 0.4) is 0 Å². The lowest BCUT2D eigenvalue weighted by atomic mass is 9.93. The Balaban J connectivity index is 0.000000427. The summed E-state index contributed by atoms with van der Waals surface area (Å²) in [5, 5.41) is 14.8. The van der Waals surface area contributed by atoms with Crippen molar-refractivity contribution >= 4 is 17.8 Å². The van der Waals surface area contributed by atoms with Crippen LogP contribution in [0.25, 0.3) is 0 Å². The van der Waals surface area contributed by atoms with E-state index >= 15 is 0 Å². The summed E-state index contributed by atoms with van der Waals surface area (Å²) in [4.78, 5) is 35.5. The molecule has 174 valence electrons. The molecule has 4 rings (SSSR count). The van der Waals surface area contributed by atoms with Gasteiger partial charge in [-0.3, -0.25) is 9.69 Å². The van der Waals surface area contributed by atoms with E-state index in [4.69, 9.17) is 29.3 Å². The summed E-state index contributed by atoms with van der Waals surface area (Å²) in [6.45, 7) is 4.71. The number of ether oxygens (including phenoxy) is 2. The summed E-state index contributed by atoms with van der Waals surface area (Å²) in [6, 6.07) is 5.39. The lowest BCUT2D eigenvalue weighted by molar-refractivity contribution is -0.159. The molecule has 1 amide bonds. The number of carbonyl (C=O) groups excluding carboxylic acids is 1. The van der Waals surface area contributed by atoms with Crippen LogP contribution in [0.5, 0.6) is 11.5 Å². The lowest BCUT2D eigenvalue weighted by Gasteiger charge is -2.37. The fourth-order valence-electron chi connectivity index (χ4n) is 4.72. The van der Waals surface area contributed by atoms with Gasteiger partial charge in [-0.25, -0.2) is 9.59 Å². The highest BCUT2D eigenvalue weighted by molar-refractivity contribution is 6.27. The molecule has 2 bridgehead atoms. The van der Waals surface area contributed by atoms with Crippen molar-refractivity contribution < 1.29 is 34.1 Å². The minimum atomic E-state index is -1.82. The highest BCUT2D eigenvalue weighted by Gasteiger charge is 2.36. The van der Waals surface area contributed by atoms with Gasteiger partial charge in [-0.1, -0.05) is 12.2 Å². The molecule has 3 atom stereocenters. The van der Waals surface area contributed by atoms with Crippen molar-refractivity contribution in [1.29, 1.82) is 0 Å². The van der Waals surface area contributed by atoms with E-state index in [2.05, 4.69) is 17.1 Å². The van der Waals surface area contributed by atoms with E-state index in [1.165, 1.54) is 19.4 Å². The van der Waals surface area contributed by atoms with Crippen molar-refractivity contribution in [3.8, 4) is 11.5 Å². The van der Waals surface area contributed by atoms with Crippen molar-refractivity contribution in [2.75, 3.05) is 46.9 Å². The molecule has 1 saturated carbocycles. The number of allylic oxidation sites excluding steroid dienone is 2. The molecule has 9 heteroatoms. The number of hydrogen-bond donors (Lipinski definition) is 2. The average Bonchev–Trinajstić information content (AvgIpc) is 3.42. The van der Waals surface area contributed by atoms with Gasteiger partial charge >= 0.3 is 11.9 Å². The second-order valence-corrected chi connectivity index (χ2v) is 8.31. The molecular weight excluding hydrogens is 416 g/mol. The van der Waals surface area contributed by atoms with E-state index < -0.39 is 11.9 Å². The zero-order valence-electron chi connectivity index (χ0n) is 18.4. The molecule has 2 fully saturated rings. The predicted molar refractivity (Wildman–Crippen MR) is 116 cm³/mol. The number of fused-ring (bicyclic) bond motifs is 2. The molecule has 32 heavy (non-hydrogen) atoms. The Morgan fingerprint density at radius 1 is 0.938 bits per heavy atom. The summed E-state index contributed by atoms with van der Waals surface area (Å²) < 4.78 is 10.6. The predicted octanol–water partition coefficient (Wildman–Crippen LogP) is 1.83. The Hall–Kier alpha value is -3.07. The Morgan fingerprint density at radius 3 is 2.09 bits per heavy atom. The third-order valence-electron chi connectivity index (χ3n) is 6.38. The quantitative estimate of drug-likeness (QED) is 0.520. The van der Waals surface area contributed by atoms with Gasteiger partial charge in [0.1, 0.15) is 0 Å². The highest BCUT2D eigenvalue weighted by Crippen LogP contribution is 2.43. The first-order valence-electron chi connectivity index (χ1n) is 10.7. The molecule has 0 spiro atoms. The Morgan fingerprint density at radius 2 is 1.59 bits per heavy atom. The minimum absolute atomic E-state index is 0.0773. The molecule has 9 nitrogen and oxygen atoms in total. The molecule has 3 unspecified atom stereocenters. The summed E-state index contributed by atoms with van der Waals surface area (Å²) in [5.74, 6) is 0.121. The maximum Gasteiger partial charge on any atom is 0.414 e. The number of carboxylic acids is 2. The van der Waals surface area contributed by atoms with Gasteiger partial charge in [0.05, 0.1) is 14.2 Å². The maximum absolute atomic E-state index is 12.8. The summed E-state index contributed by atoms with van der Waals surface area (Å²) in [5.41, 5.74) is 0.661. The minimum Gasteiger partial charge on any atom is -0.493 e. The molecule has 0 radical (unpaired) electrons. The number of carboxylic acid groups (broad SMARTS) is 2. The second kappa shape index (κ2) is 10.5. The molecule has 1 heterocycles. The number of rotatable bonds is 5. The van der Waals surface area contributed by atoms with Gasteiger partial charge in [-0.2, -0.15) is 0 Å². The molecule has 2 N–H and O–H groups in total. The van der Waals surface area contributed by atoms with Crippen LogP contribution in [0.15, 0.2) is 30.4 Å². The normalized spacial score (nSPS) is 23.9. The van der Waals surface area contributed by atoms with E-state index in [9.17, 15) is 4.79 Å². The van der Waals surface area contributed by atoms with Crippen molar-refractivity contribution in [2.45, 2.75) is 12.8 Å². The fraction of sp³-hybridized carbons (Fsp3) is 0.522. The van der Waals surface area contributed by atoms with E-state index in [1.807, 2.05) is 11.0 Å². The average molecular weight is 447 g/mol. The van der Waals surface area contributed by atoms with Crippen LogP contribution in [0.1, 0.15) is 23.2 Å². The number of methoxy groups -OCH3 is 2. The molecule has 2 aliphatic carbocycles. The number of amides is 1. The molecule has 1 aromatic rings. The van der Waals surface area contributed by atoms with Crippen LogP contribution < -0.4 is 9.47 Å².